The van der Waals surface area contributed by atoms with Gasteiger partial charge in [-0.2, -0.15) is 0 Å². The quantitative estimate of drug-likeness (QED) is 0.866. The summed E-state index contributed by atoms with van der Waals surface area (Å²) < 4.78 is 5.95. The van der Waals surface area contributed by atoms with Gasteiger partial charge in [0.1, 0.15) is 11.9 Å². The van der Waals surface area contributed by atoms with Gasteiger partial charge in [0, 0.05) is 57.4 Å². The van der Waals surface area contributed by atoms with Crippen LogP contribution in [-0.2, 0) is 0 Å². The number of hydrogen-bond donors (Lipinski definition) is 1. The number of nitrogens with one attached hydrogen (secondary N) is 1. The number of ether oxygens (including phenoxy) is 1. The van der Waals surface area contributed by atoms with Gasteiger partial charge in [0.25, 0.3) is 0 Å². The minimum Gasteiger partial charge on any atom is -0.489 e. The van der Waals surface area contributed by atoms with Crippen molar-refractivity contribution in [3.05, 3.63) is 54.9 Å². The average Bonchev–Trinajstić information content (AvgIpc) is 3.23. The Kier molecular flexibility index (Phi) is 5.95. The van der Waals surface area contributed by atoms with Gasteiger partial charge in [0.15, 0.2) is 0 Å². The third-order valence-corrected chi connectivity index (χ3v) is 5.62. The molecule has 2 saturated heterocycles. The smallest absolute Gasteiger partial charge is 0.317 e. The minimum absolute atomic E-state index is 0.0537. The van der Waals surface area contributed by atoms with Crippen molar-refractivity contribution in [3.8, 4) is 5.75 Å². The van der Waals surface area contributed by atoms with Gasteiger partial charge >= 0.3 is 6.03 Å². The van der Waals surface area contributed by atoms with E-state index < -0.39 is 0 Å². The van der Waals surface area contributed by atoms with Crippen molar-refractivity contribution in [2.45, 2.75) is 25.4 Å². The first kappa shape index (κ1) is 18.6. The second-order valence-electron chi connectivity index (χ2n) is 7.62. The maximum absolute atomic E-state index is 12.5. The number of benzene rings is 1. The van der Waals surface area contributed by atoms with Gasteiger partial charge in [-0.15, -0.1) is 0 Å². The first-order chi connectivity index (χ1) is 13.8. The number of carbonyl (C=O) groups excluding carboxylic acids is 1. The van der Waals surface area contributed by atoms with Gasteiger partial charge in [0.2, 0.25) is 0 Å². The van der Waals surface area contributed by atoms with E-state index in [0.717, 1.165) is 57.7 Å². The molecule has 2 fully saturated rings. The summed E-state index contributed by atoms with van der Waals surface area (Å²) in [5.41, 5.74) is 1.27. The van der Waals surface area contributed by atoms with Crippen LogP contribution in [0.15, 0.2) is 54.9 Å². The number of carbonyl (C=O) groups is 1. The molecule has 3 heterocycles. The van der Waals surface area contributed by atoms with Crippen molar-refractivity contribution in [1.29, 1.82) is 0 Å². The predicted octanol–water partition coefficient (Wildman–Crippen LogP) is 3.16. The monoisotopic (exact) mass is 380 g/mol. The molecule has 0 saturated carbocycles. The number of nitrogens with zero attached hydrogens (tertiary/aromatic N) is 3. The Bertz CT molecular complexity index is 748. The summed E-state index contributed by atoms with van der Waals surface area (Å²) in [7, 11) is 0. The number of para-hydroxylation sites is 1. The van der Waals surface area contributed by atoms with Crippen molar-refractivity contribution in [2.75, 3.05) is 37.6 Å². The zero-order valence-electron chi connectivity index (χ0n) is 16.2. The normalized spacial score (nSPS) is 20.2. The first-order valence-corrected chi connectivity index (χ1v) is 10.2. The molecule has 2 aromatic rings. The molecule has 28 heavy (non-hydrogen) atoms. The van der Waals surface area contributed by atoms with Crippen LogP contribution in [-0.4, -0.2) is 54.7 Å². The highest BCUT2D eigenvalue weighted by molar-refractivity contribution is 5.74. The number of urea groups is 1. The largest absolute Gasteiger partial charge is 0.489 e. The maximum atomic E-state index is 12.5. The molecule has 148 valence electrons. The number of anilines is 1. The molecule has 1 aromatic heterocycles. The van der Waals surface area contributed by atoms with Crippen molar-refractivity contribution in [1.82, 2.24) is 15.2 Å². The van der Waals surface area contributed by atoms with E-state index in [1.807, 2.05) is 23.1 Å². The van der Waals surface area contributed by atoms with Gasteiger partial charge in [-0.1, -0.05) is 18.2 Å². The molecule has 2 aliphatic rings. The summed E-state index contributed by atoms with van der Waals surface area (Å²) in [6, 6.07) is 14.3. The van der Waals surface area contributed by atoms with Crippen LogP contribution in [0.3, 0.4) is 0 Å². The molecule has 4 rings (SSSR count). The molecular formula is C22H28N4O2. The summed E-state index contributed by atoms with van der Waals surface area (Å²) >= 11 is 0. The fourth-order valence-corrected chi connectivity index (χ4v) is 4.00. The van der Waals surface area contributed by atoms with Crippen LogP contribution in [0.2, 0.25) is 0 Å². The third kappa shape index (κ3) is 4.74. The molecule has 1 unspecified atom stereocenters. The minimum atomic E-state index is 0.0537. The summed E-state index contributed by atoms with van der Waals surface area (Å²) in [4.78, 5) is 20.9. The van der Waals surface area contributed by atoms with E-state index >= 15 is 0 Å². The molecular weight excluding hydrogens is 352 g/mol. The van der Waals surface area contributed by atoms with Gasteiger partial charge in [-0.3, -0.25) is 4.98 Å². The second kappa shape index (κ2) is 8.95. The van der Waals surface area contributed by atoms with Crippen molar-refractivity contribution in [2.24, 2.45) is 5.92 Å². The second-order valence-corrected chi connectivity index (χ2v) is 7.62. The molecule has 1 atom stereocenters. The zero-order valence-corrected chi connectivity index (χ0v) is 16.2. The highest BCUT2D eigenvalue weighted by Gasteiger charge is 2.26. The molecule has 2 amide bonds. The highest BCUT2D eigenvalue weighted by Crippen LogP contribution is 2.23. The van der Waals surface area contributed by atoms with Crippen LogP contribution in [0.25, 0.3) is 0 Å². The standard InChI is InChI=1S/C22H28N4O2/c27-22(24-15-18-8-12-26(17-18)19-5-2-1-3-6-19)25-13-9-20(10-14-25)28-21-7-4-11-23-16-21/h1-7,11,16,18,20H,8-10,12-15,17H2,(H,24,27). The van der Waals surface area contributed by atoms with Crippen LogP contribution in [0.4, 0.5) is 10.5 Å². The summed E-state index contributed by atoms with van der Waals surface area (Å²) in [6.07, 6.45) is 6.46. The molecule has 0 spiro atoms. The number of hydrogen-bond acceptors (Lipinski definition) is 4. The first-order valence-electron chi connectivity index (χ1n) is 10.2. The predicted molar refractivity (Wildman–Crippen MR) is 110 cm³/mol. The van der Waals surface area contributed by atoms with Crippen molar-refractivity contribution >= 4 is 11.7 Å². The van der Waals surface area contributed by atoms with E-state index in [-0.39, 0.29) is 12.1 Å². The third-order valence-electron chi connectivity index (χ3n) is 5.62. The van der Waals surface area contributed by atoms with E-state index in [1.54, 1.807) is 12.4 Å². The van der Waals surface area contributed by atoms with E-state index in [1.165, 1.54) is 5.69 Å². The van der Waals surface area contributed by atoms with Crippen molar-refractivity contribution < 1.29 is 9.53 Å². The Labute approximate surface area is 166 Å². The van der Waals surface area contributed by atoms with Gasteiger partial charge in [-0.25, -0.2) is 4.79 Å². The summed E-state index contributed by atoms with van der Waals surface area (Å²) in [5.74, 6) is 1.31. The number of piperidine rings is 1. The van der Waals surface area contributed by atoms with Gasteiger partial charge in [0.05, 0.1) is 6.20 Å². The van der Waals surface area contributed by atoms with Gasteiger partial charge < -0.3 is 19.9 Å². The topological polar surface area (TPSA) is 57.7 Å². The highest BCUT2D eigenvalue weighted by atomic mass is 16.5. The lowest BCUT2D eigenvalue weighted by Gasteiger charge is -2.32. The van der Waals surface area contributed by atoms with Crippen LogP contribution in [0.1, 0.15) is 19.3 Å². The maximum Gasteiger partial charge on any atom is 0.317 e. The van der Waals surface area contributed by atoms with Crippen LogP contribution in [0, 0.1) is 5.92 Å². The fourth-order valence-electron chi connectivity index (χ4n) is 4.00. The summed E-state index contributed by atoms with van der Waals surface area (Å²) in [6.45, 7) is 4.27. The number of rotatable bonds is 5. The molecule has 6 nitrogen and oxygen atoms in total. The van der Waals surface area contributed by atoms with Crippen LogP contribution >= 0.6 is 0 Å². The number of amides is 2. The average molecular weight is 380 g/mol. The summed E-state index contributed by atoms with van der Waals surface area (Å²) in [5, 5.41) is 3.14. The lowest BCUT2D eigenvalue weighted by atomic mass is 10.1. The fraction of sp³-hybridized carbons (Fsp3) is 0.455. The molecule has 6 heteroatoms. The lowest BCUT2D eigenvalue weighted by molar-refractivity contribution is 0.110. The number of likely N-dealkylation sites (tertiary alicyclic amines) is 1. The Morgan fingerprint density at radius 3 is 2.64 bits per heavy atom. The molecule has 1 N–H and O–H groups in total. The Morgan fingerprint density at radius 1 is 1.07 bits per heavy atom. The number of aromatic nitrogens is 1. The molecule has 2 aliphatic heterocycles. The molecule has 0 radical (unpaired) electrons. The Morgan fingerprint density at radius 2 is 1.89 bits per heavy atom. The Hall–Kier alpha value is -2.76. The van der Waals surface area contributed by atoms with E-state index in [0.29, 0.717) is 5.92 Å². The zero-order chi connectivity index (χ0) is 19.2. The van der Waals surface area contributed by atoms with E-state index in [2.05, 4.69) is 39.5 Å². The van der Waals surface area contributed by atoms with E-state index in [4.69, 9.17) is 4.74 Å². The number of pyridine rings is 1. The Balaban J connectivity index is 1.17. The van der Waals surface area contributed by atoms with Crippen LogP contribution in [0.5, 0.6) is 5.75 Å². The SMILES string of the molecule is O=C(NCC1CCN(c2ccccc2)C1)N1CCC(Oc2cccnc2)CC1. The van der Waals surface area contributed by atoms with E-state index in [9.17, 15) is 4.79 Å². The molecule has 0 aliphatic carbocycles. The molecule has 0 bridgehead atoms. The molecule has 1 aromatic carbocycles. The van der Waals surface area contributed by atoms with Crippen LogP contribution < -0.4 is 15.0 Å². The van der Waals surface area contributed by atoms with Crippen molar-refractivity contribution in [3.63, 3.8) is 0 Å². The lowest BCUT2D eigenvalue weighted by Crippen LogP contribution is -2.47. The van der Waals surface area contributed by atoms with Gasteiger partial charge in [-0.05, 0) is 36.6 Å².